The zero-order chi connectivity index (χ0) is 11.4. The van der Waals surface area contributed by atoms with Gasteiger partial charge in [-0.25, -0.2) is 0 Å². The number of nitro benzene ring substituents is 1. The molecule has 0 saturated carbocycles. The molecule has 0 saturated heterocycles. The van der Waals surface area contributed by atoms with Crippen molar-refractivity contribution in [1.82, 2.24) is 0 Å². The van der Waals surface area contributed by atoms with Crippen molar-refractivity contribution in [2.45, 2.75) is 6.42 Å². The van der Waals surface area contributed by atoms with E-state index < -0.39 is 23.0 Å². The van der Waals surface area contributed by atoms with E-state index in [1.54, 1.807) is 0 Å². The molecule has 0 unspecified atom stereocenters. The zero-order valence-corrected chi connectivity index (χ0v) is 7.67. The number of benzene rings is 1. The second-order valence-corrected chi connectivity index (χ2v) is 2.87. The van der Waals surface area contributed by atoms with E-state index in [9.17, 15) is 19.7 Å². The Balaban J connectivity index is 2.84. The first-order chi connectivity index (χ1) is 7.00. The third-order valence-corrected chi connectivity index (χ3v) is 1.73. The number of primary amides is 1. The molecule has 6 nitrogen and oxygen atoms in total. The minimum Gasteiger partial charge on any atom is -0.369 e. The van der Waals surface area contributed by atoms with Gasteiger partial charge in [0.1, 0.15) is 0 Å². The van der Waals surface area contributed by atoms with Crippen LogP contribution in [0.5, 0.6) is 0 Å². The van der Waals surface area contributed by atoms with Crippen LogP contribution in [-0.2, 0) is 4.79 Å². The number of carbonyl (C=O) groups excluding carboxylic acids is 2. The van der Waals surface area contributed by atoms with Crippen molar-refractivity contribution >= 4 is 17.4 Å². The Morgan fingerprint density at radius 3 is 2.20 bits per heavy atom. The molecular weight excluding hydrogens is 200 g/mol. The van der Waals surface area contributed by atoms with E-state index in [1.165, 1.54) is 24.3 Å². The summed E-state index contributed by atoms with van der Waals surface area (Å²) in [4.78, 5) is 31.5. The number of rotatable bonds is 4. The van der Waals surface area contributed by atoms with Gasteiger partial charge in [0.2, 0.25) is 5.91 Å². The number of ketones is 1. The summed E-state index contributed by atoms with van der Waals surface area (Å²) in [7, 11) is 0. The maximum absolute atomic E-state index is 11.3. The summed E-state index contributed by atoms with van der Waals surface area (Å²) in [5, 5.41) is 10.3. The summed E-state index contributed by atoms with van der Waals surface area (Å²) in [6, 6.07) is 5.00. The fourth-order valence-electron chi connectivity index (χ4n) is 1.03. The van der Waals surface area contributed by atoms with Gasteiger partial charge in [-0.05, 0) is 12.1 Å². The van der Waals surface area contributed by atoms with Crippen molar-refractivity contribution in [3.05, 3.63) is 39.9 Å². The average Bonchev–Trinajstić information content (AvgIpc) is 2.17. The van der Waals surface area contributed by atoms with Crippen LogP contribution in [0.25, 0.3) is 0 Å². The number of amides is 1. The van der Waals surface area contributed by atoms with Gasteiger partial charge in [-0.3, -0.25) is 19.7 Å². The first-order valence-electron chi connectivity index (χ1n) is 4.06. The molecule has 0 atom stereocenters. The predicted octanol–water partition coefficient (Wildman–Crippen LogP) is 0.653. The maximum Gasteiger partial charge on any atom is 0.269 e. The van der Waals surface area contributed by atoms with E-state index in [1.807, 2.05) is 0 Å². The molecule has 1 aromatic carbocycles. The largest absolute Gasteiger partial charge is 0.369 e. The maximum atomic E-state index is 11.3. The molecule has 0 fully saturated rings. The fraction of sp³-hybridized carbons (Fsp3) is 0.111. The minimum absolute atomic E-state index is 0.106. The van der Waals surface area contributed by atoms with Gasteiger partial charge in [0.25, 0.3) is 5.69 Å². The van der Waals surface area contributed by atoms with Gasteiger partial charge in [0, 0.05) is 17.7 Å². The molecule has 78 valence electrons. The van der Waals surface area contributed by atoms with Gasteiger partial charge in [0.05, 0.1) is 11.3 Å². The Hall–Kier alpha value is -2.24. The van der Waals surface area contributed by atoms with Crippen LogP contribution >= 0.6 is 0 Å². The van der Waals surface area contributed by atoms with Gasteiger partial charge in [0.15, 0.2) is 5.78 Å². The Kier molecular flexibility index (Phi) is 3.12. The molecule has 0 spiro atoms. The molecule has 1 rings (SSSR count). The van der Waals surface area contributed by atoms with Crippen molar-refractivity contribution in [3.8, 4) is 0 Å². The fourth-order valence-corrected chi connectivity index (χ4v) is 1.03. The van der Waals surface area contributed by atoms with Crippen LogP contribution in [0, 0.1) is 10.1 Å². The number of non-ortho nitro benzene ring substituents is 1. The SMILES string of the molecule is NC(=O)CC(=O)c1ccc([N+](=O)[O-])cc1. The van der Waals surface area contributed by atoms with Crippen LogP contribution in [0.15, 0.2) is 24.3 Å². The number of Topliss-reactive ketones (excluding diaryl/α,β-unsaturated/α-hetero) is 1. The van der Waals surface area contributed by atoms with Gasteiger partial charge in [-0.15, -0.1) is 0 Å². The van der Waals surface area contributed by atoms with Crippen LogP contribution in [-0.4, -0.2) is 16.6 Å². The monoisotopic (exact) mass is 208 g/mol. The zero-order valence-electron chi connectivity index (χ0n) is 7.67. The van der Waals surface area contributed by atoms with Gasteiger partial charge in [-0.1, -0.05) is 0 Å². The lowest BCUT2D eigenvalue weighted by Crippen LogP contribution is -2.16. The molecule has 1 amide bonds. The highest BCUT2D eigenvalue weighted by molar-refractivity contribution is 6.06. The number of nitrogens with zero attached hydrogens (tertiary/aromatic N) is 1. The highest BCUT2D eigenvalue weighted by Gasteiger charge is 2.11. The number of carbonyl (C=O) groups is 2. The Bertz CT molecular complexity index is 411. The Morgan fingerprint density at radius 1 is 1.27 bits per heavy atom. The molecule has 0 aliphatic carbocycles. The summed E-state index contributed by atoms with van der Waals surface area (Å²) in [5.74, 6) is -1.17. The lowest BCUT2D eigenvalue weighted by atomic mass is 10.1. The quantitative estimate of drug-likeness (QED) is 0.339. The van der Waals surface area contributed by atoms with Gasteiger partial charge < -0.3 is 5.73 Å². The molecule has 2 N–H and O–H groups in total. The third-order valence-electron chi connectivity index (χ3n) is 1.73. The summed E-state index contributed by atoms with van der Waals surface area (Å²) in [5.41, 5.74) is 4.97. The smallest absolute Gasteiger partial charge is 0.269 e. The second kappa shape index (κ2) is 4.32. The van der Waals surface area contributed by atoms with E-state index >= 15 is 0 Å². The second-order valence-electron chi connectivity index (χ2n) is 2.87. The average molecular weight is 208 g/mol. The molecule has 6 heteroatoms. The Labute approximate surface area is 84.8 Å². The number of nitrogens with two attached hydrogens (primary N) is 1. The Morgan fingerprint density at radius 2 is 1.80 bits per heavy atom. The summed E-state index contributed by atoms with van der Waals surface area (Å²) >= 11 is 0. The first kappa shape index (κ1) is 10.8. The summed E-state index contributed by atoms with van der Waals surface area (Å²) < 4.78 is 0. The van der Waals surface area contributed by atoms with Crippen LogP contribution in [0.3, 0.4) is 0 Å². The lowest BCUT2D eigenvalue weighted by molar-refractivity contribution is -0.384. The molecule has 0 radical (unpaired) electrons. The van der Waals surface area contributed by atoms with E-state index in [0.717, 1.165) is 0 Å². The van der Waals surface area contributed by atoms with Crippen molar-refractivity contribution in [3.63, 3.8) is 0 Å². The van der Waals surface area contributed by atoms with E-state index in [2.05, 4.69) is 0 Å². The molecule has 0 heterocycles. The van der Waals surface area contributed by atoms with Crippen LogP contribution < -0.4 is 5.73 Å². The normalized spacial score (nSPS) is 9.60. The lowest BCUT2D eigenvalue weighted by Gasteiger charge is -1.97. The highest BCUT2D eigenvalue weighted by atomic mass is 16.6. The van der Waals surface area contributed by atoms with Crippen molar-refractivity contribution in [2.24, 2.45) is 5.73 Å². The predicted molar refractivity (Wildman–Crippen MR) is 51.2 cm³/mol. The molecule has 15 heavy (non-hydrogen) atoms. The number of hydrogen-bond donors (Lipinski definition) is 1. The van der Waals surface area contributed by atoms with Crippen LogP contribution in [0.1, 0.15) is 16.8 Å². The number of nitro groups is 1. The first-order valence-corrected chi connectivity index (χ1v) is 4.06. The molecular formula is C9H8N2O4. The minimum atomic E-state index is -0.724. The van der Waals surface area contributed by atoms with E-state index in [-0.39, 0.29) is 11.3 Å². The third kappa shape index (κ3) is 2.87. The van der Waals surface area contributed by atoms with Crippen molar-refractivity contribution < 1.29 is 14.5 Å². The van der Waals surface area contributed by atoms with E-state index in [0.29, 0.717) is 0 Å². The molecule has 0 aliphatic rings. The van der Waals surface area contributed by atoms with Crippen molar-refractivity contribution in [2.75, 3.05) is 0 Å². The number of hydrogen-bond acceptors (Lipinski definition) is 4. The van der Waals surface area contributed by atoms with Gasteiger partial charge >= 0.3 is 0 Å². The van der Waals surface area contributed by atoms with Crippen LogP contribution in [0.2, 0.25) is 0 Å². The standard InChI is InChI=1S/C9H8N2O4/c10-9(13)5-8(12)6-1-3-7(4-2-6)11(14)15/h1-4H,5H2,(H2,10,13). The molecule has 0 bridgehead atoms. The van der Waals surface area contributed by atoms with Crippen molar-refractivity contribution in [1.29, 1.82) is 0 Å². The summed E-state index contributed by atoms with van der Waals surface area (Å²) in [6.07, 6.45) is -0.391. The summed E-state index contributed by atoms with van der Waals surface area (Å²) in [6.45, 7) is 0. The highest BCUT2D eigenvalue weighted by Crippen LogP contribution is 2.12. The van der Waals surface area contributed by atoms with E-state index in [4.69, 9.17) is 5.73 Å². The molecule has 1 aromatic rings. The molecule has 0 aromatic heterocycles. The molecule has 0 aliphatic heterocycles. The van der Waals surface area contributed by atoms with Gasteiger partial charge in [-0.2, -0.15) is 0 Å². The van der Waals surface area contributed by atoms with Crippen LogP contribution in [0.4, 0.5) is 5.69 Å². The topological polar surface area (TPSA) is 103 Å².